The predicted octanol–water partition coefficient (Wildman–Crippen LogP) is 3.23. The van der Waals surface area contributed by atoms with E-state index in [0.29, 0.717) is 12.0 Å². The van der Waals surface area contributed by atoms with Crippen LogP contribution in [-0.2, 0) is 0 Å². The third-order valence-corrected chi connectivity index (χ3v) is 4.70. The zero-order valence-corrected chi connectivity index (χ0v) is 13.1. The summed E-state index contributed by atoms with van der Waals surface area (Å²) in [7, 11) is 0. The molecule has 0 spiro atoms. The number of aromatic nitrogens is 2. The molecule has 6 heteroatoms. The predicted molar refractivity (Wildman–Crippen MR) is 88.1 cm³/mol. The summed E-state index contributed by atoms with van der Waals surface area (Å²) in [6.07, 6.45) is 4.65. The van der Waals surface area contributed by atoms with E-state index in [9.17, 15) is 5.11 Å². The number of fused-ring (bicyclic) bond motifs is 1. The summed E-state index contributed by atoms with van der Waals surface area (Å²) in [6, 6.07) is 2.47. The smallest absolute Gasteiger partial charge is 0.226 e. The zero-order valence-electron chi connectivity index (χ0n) is 12.3. The van der Waals surface area contributed by atoms with E-state index in [1.165, 1.54) is 0 Å². The van der Waals surface area contributed by atoms with E-state index in [2.05, 4.69) is 39.0 Å². The number of aliphatic hydroxyl groups is 1. The molecule has 0 aromatic carbocycles. The molecular weight excluding hydrogens is 284 g/mol. The van der Waals surface area contributed by atoms with E-state index >= 15 is 0 Å². The minimum absolute atomic E-state index is 0.128. The molecule has 3 rings (SSSR count). The number of hydrogen-bond donors (Lipinski definition) is 3. The van der Waals surface area contributed by atoms with Gasteiger partial charge in [0.2, 0.25) is 5.95 Å². The molecule has 0 aliphatic heterocycles. The Balaban J connectivity index is 1.80. The van der Waals surface area contributed by atoms with Crippen molar-refractivity contribution in [3.8, 4) is 0 Å². The van der Waals surface area contributed by atoms with Gasteiger partial charge in [-0.25, -0.2) is 4.98 Å². The fourth-order valence-corrected chi connectivity index (χ4v) is 3.46. The molecule has 21 heavy (non-hydrogen) atoms. The van der Waals surface area contributed by atoms with Gasteiger partial charge in [0, 0.05) is 12.6 Å². The molecule has 1 aliphatic rings. The van der Waals surface area contributed by atoms with Crippen LogP contribution in [0, 0.1) is 0 Å². The highest BCUT2D eigenvalue weighted by Gasteiger charge is 2.20. The van der Waals surface area contributed by atoms with Gasteiger partial charge in [-0.1, -0.05) is 6.92 Å². The molecule has 0 bridgehead atoms. The Morgan fingerprint density at radius 3 is 2.86 bits per heavy atom. The van der Waals surface area contributed by atoms with Crippen molar-refractivity contribution in [2.75, 3.05) is 17.2 Å². The van der Waals surface area contributed by atoms with Crippen LogP contribution in [0.3, 0.4) is 0 Å². The molecule has 0 saturated heterocycles. The number of nitrogens with zero attached hydrogens (tertiary/aromatic N) is 2. The van der Waals surface area contributed by atoms with Gasteiger partial charge in [0.1, 0.15) is 10.6 Å². The highest BCUT2D eigenvalue weighted by Crippen LogP contribution is 2.29. The summed E-state index contributed by atoms with van der Waals surface area (Å²) in [4.78, 5) is 10.2. The number of anilines is 2. The molecule has 1 fully saturated rings. The standard InChI is InChI=1S/C15H22N4OS/c1-2-8-16-15-18-13(12-7-9-21-14(12)19-15)17-10-3-5-11(20)6-4-10/h7,9-11,20H,2-6,8H2,1H3,(H2,16,17,18,19). The van der Waals surface area contributed by atoms with Crippen molar-refractivity contribution in [3.05, 3.63) is 11.4 Å². The van der Waals surface area contributed by atoms with Gasteiger partial charge in [-0.15, -0.1) is 11.3 Å². The van der Waals surface area contributed by atoms with Gasteiger partial charge in [0.15, 0.2) is 0 Å². The maximum atomic E-state index is 9.61. The van der Waals surface area contributed by atoms with Crippen LogP contribution in [0.25, 0.3) is 10.2 Å². The van der Waals surface area contributed by atoms with Crippen molar-refractivity contribution in [2.45, 2.75) is 51.2 Å². The van der Waals surface area contributed by atoms with Crippen LogP contribution in [0.4, 0.5) is 11.8 Å². The summed E-state index contributed by atoms with van der Waals surface area (Å²) in [5, 5.41) is 19.6. The van der Waals surface area contributed by atoms with Gasteiger partial charge in [-0.05, 0) is 43.6 Å². The summed E-state index contributed by atoms with van der Waals surface area (Å²) in [5.74, 6) is 1.62. The van der Waals surface area contributed by atoms with Crippen molar-refractivity contribution >= 4 is 33.3 Å². The second-order valence-electron chi connectivity index (χ2n) is 5.61. The monoisotopic (exact) mass is 306 g/mol. The van der Waals surface area contributed by atoms with Crippen molar-refractivity contribution in [3.63, 3.8) is 0 Å². The fourth-order valence-electron chi connectivity index (χ4n) is 2.69. The first kappa shape index (κ1) is 14.5. The highest BCUT2D eigenvalue weighted by atomic mass is 32.1. The van der Waals surface area contributed by atoms with Crippen molar-refractivity contribution in [1.82, 2.24) is 9.97 Å². The lowest BCUT2D eigenvalue weighted by Crippen LogP contribution is -2.28. The Kier molecular flexibility index (Phi) is 4.55. The minimum atomic E-state index is -0.128. The molecule has 1 saturated carbocycles. The van der Waals surface area contributed by atoms with Crippen molar-refractivity contribution in [2.24, 2.45) is 0 Å². The summed E-state index contributed by atoms with van der Waals surface area (Å²) in [5.41, 5.74) is 0. The maximum Gasteiger partial charge on any atom is 0.226 e. The third-order valence-electron chi connectivity index (χ3n) is 3.90. The normalized spacial score (nSPS) is 22.4. The van der Waals surface area contributed by atoms with Gasteiger partial charge >= 0.3 is 0 Å². The van der Waals surface area contributed by atoms with Gasteiger partial charge in [-0.2, -0.15) is 4.98 Å². The Hall–Kier alpha value is -1.40. The van der Waals surface area contributed by atoms with Crippen LogP contribution in [0.15, 0.2) is 11.4 Å². The molecule has 0 amide bonds. The van der Waals surface area contributed by atoms with Gasteiger partial charge in [0.05, 0.1) is 11.5 Å². The average Bonchev–Trinajstić information content (AvgIpc) is 2.96. The molecule has 1 aliphatic carbocycles. The second kappa shape index (κ2) is 6.58. The Bertz CT molecular complexity index is 592. The quantitative estimate of drug-likeness (QED) is 0.791. The molecule has 3 N–H and O–H groups in total. The van der Waals surface area contributed by atoms with Gasteiger partial charge in [0.25, 0.3) is 0 Å². The molecule has 5 nitrogen and oxygen atoms in total. The summed E-state index contributed by atoms with van der Waals surface area (Å²) in [6.45, 7) is 3.01. The van der Waals surface area contributed by atoms with E-state index in [1.54, 1.807) is 11.3 Å². The van der Waals surface area contributed by atoms with Crippen LogP contribution in [0.2, 0.25) is 0 Å². The van der Waals surface area contributed by atoms with E-state index in [0.717, 1.165) is 54.7 Å². The Labute approximate surface area is 128 Å². The van der Waals surface area contributed by atoms with Crippen molar-refractivity contribution < 1.29 is 5.11 Å². The third kappa shape index (κ3) is 3.44. The van der Waals surface area contributed by atoms with E-state index < -0.39 is 0 Å². The first-order chi connectivity index (χ1) is 10.3. The Morgan fingerprint density at radius 1 is 1.29 bits per heavy atom. The van der Waals surface area contributed by atoms with Crippen LogP contribution in [-0.4, -0.2) is 33.8 Å². The average molecular weight is 306 g/mol. The molecule has 2 aromatic rings. The molecule has 2 aromatic heterocycles. The first-order valence-electron chi connectivity index (χ1n) is 7.70. The molecule has 114 valence electrons. The largest absolute Gasteiger partial charge is 0.393 e. The van der Waals surface area contributed by atoms with Crippen LogP contribution < -0.4 is 10.6 Å². The van der Waals surface area contributed by atoms with Crippen LogP contribution >= 0.6 is 11.3 Å². The first-order valence-corrected chi connectivity index (χ1v) is 8.58. The summed E-state index contributed by atoms with van der Waals surface area (Å²) < 4.78 is 0. The van der Waals surface area contributed by atoms with E-state index in [-0.39, 0.29) is 6.10 Å². The SMILES string of the molecule is CCCNc1nc(NC2CCC(O)CC2)c2ccsc2n1. The van der Waals surface area contributed by atoms with Gasteiger partial charge in [-0.3, -0.25) is 0 Å². The fraction of sp³-hybridized carbons (Fsp3) is 0.600. The Morgan fingerprint density at radius 2 is 2.10 bits per heavy atom. The zero-order chi connectivity index (χ0) is 14.7. The van der Waals surface area contributed by atoms with E-state index in [4.69, 9.17) is 0 Å². The van der Waals surface area contributed by atoms with Crippen molar-refractivity contribution in [1.29, 1.82) is 0 Å². The van der Waals surface area contributed by atoms with Crippen LogP contribution in [0.1, 0.15) is 39.0 Å². The minimum Gasteiger partial charge on any atom is -0.393 e. The molecule has 0 radical (unpaired) electrons. The lowest BCUT2D eigenvalue weighted by atomic mass is 9.93. The maximum absolute atomic E-state index is 9.61. The van der Waals surface area contributed by atoms with E-state index in [1.807, 2.05) is 0 Å². The lowest BCUT2D eigenvalue weighted by molar-refractivity contribution is 0.126. The summed E-state index contributed by atoms with van der Waals surface area (Å²) >= 11 is 1.64. The highest BCUT2D eigenvalue weighted by molar-refractivity contribution is 7.16. The molecular formula is C15H22N4OS. The second-order valence-corrected chi connectivity index (χ2v) is 6.51. The number of hydrogen-bond acceptors (Lipinski definition) is 6. The number of nitrogens with one attached hydrogen (secondary N) is 2. The number of thiophene rings is 1. The topological polar surface area (TPSA) is 70.1 Å². The molecule has 0 unspecified atom stereocenters. The molecule has 2 heterocycles. The number of rotatable bonds is 5. The molecule has 0 atom stereocenters. The lowest BCUT2D eigenvalue weighted by Gasteiger charge is -2.26. The van der Waals surface area contributed by atoms with Gasteiger partial charge < -0.3 is 15.7 Å². The van der Waals surface area contributed by atoms with Crippen LogP contribution in [0.5, 0.6) is 0 Å². The number of aliphatic hydroxyl groups excluding tert-OH is 1.